The maximum atomic E-state index is 12.6. The lowest BCUT2D eigenvalue weighted by Gasteiger charge is -2.32. The summed E-state index contributed by atoms with van der Waals surface area (Å²) in [4.78, 5) is 26.4. The predicted molar refractivity (Wildman–Crippen MR) is 91.5 cm³/mol. The summed E-state index contributed by atoms with van der Waals surface area (Å²) < 4.78 is 10.6. The molecule has 0 spiro atoms. The van der Waals surface area contributed by atoms with Gasteiger partial charge in [0.25, 0.3) is 5.91 Å². The summed E-state index contributed by atoms with van der Waals surface area (Å²) in [6, 6.07) is 5.32. The molecule has 0 aromatic heterocycles. The molecule has 0 bridgehead atoms. The Morgan fingerprint density at radius 3 is 2.25 bits per heavy atom. The zero-order valence-electron chi connectivity index (χ0n) is 14.6. The number of hydrogen-bond donors (Lipinski definition) is 1. The van der Waals surface area contributed by atoms with E-state index in [0.717, 1.165) is 19.3 Å². The van der Waals surface area contributed by atoms with Crippen molar-refractivity contribution in [2.45, 2.75) is 38.6 Å². The number of piperidine rings is 1. The number of rotatable bonds is 6. The van der Waals surface area contributed by atoms with Crippen LogP contribution in [0.5, 0.6) is 11.5 Å². The third-order valence-electron chi connectivity index (χ3n) is 4.30. The molecule has 0 atom stereocenters. The molecule has 0 aliphatic carbocycles. The van der Waals surface area contributed by atoms with Crippen molar-refractivity contribution in [3.8, 4) is 11.5 Å². The number of hydrogen-bond acceptors (Lipinski definition) is 4. The minimum absolute atomic E-state index is 0.0535. The molecule has 132 valence electrons. The lowest BCUT2D eigenvalue weighted by atomic mass is 10.0. The maximum Gasteiger partial charge on any atom is 0.259 e. The number of nitrogens with one attached hydrogen (secondary N) is 1. The molecule has 1 heterocycles. The van der Waals surface area contributed by atoms with Gasteiger partial charge in [0.2, 0.25) is 5.91 Å². The standard InChI is InChI=1S/C18H26N2O4/c1-4-6-16(21)20-11-9-13(10-12-20)19-18(22)17-14(23-2)7-5-8-15(17)24-3/h5,7-8,13H,4,6,9-12H2,1-3H3,(H,19,22). The van der Waals surface area contributed by atoms with Gasteiger partial charge in [-0.15, -0.1) is 0 Å². The van der Waals surface area contributed by atoms with Crippen molar-refractivity contribution < 1.29 is 19.1 Å². The predicted octanol–water partition coefficient (Wildman–Crippen LogP) is 2.22. The summed E-state index contributed by atoms with van der Waals surface area (Å²) in [5, 5.41) is 3.04. The van der Waals surface area contributed by atoms with Gasteiger partial charge in [-0.25, -0.2) is 0 Å². The molecule has 24 heavy (non-hydrogen) atoms. The van der Waals surface area contributed by atoms with Crippen molar-refractivity contribution >= 4 is 11.8 Å². The Bertz CT molecular complexity index is 558. The van der Waals surface area contributed by atoms with Crippen LogP contribution in [-0.4, -0.2) is 50.1 Å². The largest absolute Gasteiger partial charge is 0.496 e. The van der Waals surface area contributed by atoms with Crippen molar-refractivity contribution in [1.29, 1.82) is 0 Å². The van der Waals surface area contributed by atoms with Crippen molar-refractivity contribution in [1.82, 2.24) is 10.2 Å². The SMILES string of the molecule is CCCC(=O)N1CCC(NC(=O)c2c(OC)cccc2OC)CC1. The third-order valence-corrected chi connectivity index (χ3v) is 4.30. The number of ether oxygens (including phenoxy) is 2. The van der Waals surface area contributed by atoms with E-state index >= 15 is 0 Å². The first kappa shape index (κ1) is 18.1. The number of benzene rings is 1. The highest BCUT2D eigenvalue weighted by Gasteiger charge is 2.26. The van der Waals surface area contributed by atoms with Gasteiger partial charge in [-0.05, 0) is 31.4 Å². The van der Waals surface area contributed by atoms with Crippen molar-refractivity contribution in [2.75, 3.05) is 27.3 Å². The molecule has 2 amide bonds. The minimum Gasteiger partial charge on any atom is -0.496 e. The zero-order valence-corrected chi connectivity index (χ0v) is 14.6. The van der Waals surface area contributed by atoms with Crippen LogP contribution in [0.1, 0.15) is 43.0 Å². The molecule has 1 aliphatic heterocycles. The van der Waals surface area contributed by atoms with E-state index in [1.54, 1.807) is 18.2 Å². The van der Waals surface area contributed by atoms with Crippen LogP contribution in [0.4, 0.5) is 0 Å². The van der Waals surface area contributed by atoms with E-state index in [0.29, 0.717) is 36.6 Å². The van der Waals surface area contributed by atoms with Gasteiger partial charge in [0.15, 0.2) is 0 Å². The number of carbonyl (C=O) groups excluding carboxylic acids is 2. The van der Waals surface area contributed by atoms with Crippen molar-refractivity contribution in [2.24, 2.45) is 0 Å². The molecule has 1 aliphatic rings. The zero-order chi connectivity index (χ0) is 17.5. The Hall–Kier alpha value is -2.24. The fraction of sp³-hybridized carbons (Fsp3) is 0.556. The summed E-state index contributed by atoms with van der Waals surface area (Å²) in [5.41, 5.74) is 0.409. The smallest absolute Gasteiger partial charge is 0.259 e. The van der Waals surface area contributed by atoms with E-state index in [2.05, 4.69) is 5.32 Å². The quantitative estimate of drug-likeness (QED) is 0.866. The highest BCUT2D eigenvalue weighted by Crippen LogP contribution is 2.28. The van der Waals surface area contributed by atoms with E-state index in [-0.39, 0.29) is 17.9 Å². The van der Waals surface area contributed by atoms with Gasteiger partial charge in [-0.3, -0.25) is 9.59 Å². The molecule has 1 aromatic carbocycles. The number of carbonyl (C=O) groups is 2. The van der Waals surface area contributed by atoms with Crippen LogP contribution in [0, 0.1) is 0 Å². The number of nitrogens with zero attached hydrogens (tertiary/aromatic N) is 1. The first-order valence-corrected chi connectivity index (χ1v) is 8.40. The van der Waals surface area contributed by atoms with E-state index < -0.39 is 0 Å². The Balaban J connectivity index is 1.98. The molecule has 6 heteroatoms. The number of amides is 2. The fourth-order valence-electron chi connectivity index (χ4n) is 2.98. The highest BCUT2D eigenvalue weighted by molar-refractivity contribution is 5.99. The monoisotopic (exact) mass is 334 g/mol. The molecule has 1 saturated heterocycles. The van der Waals surface area contributed by atoms with Gasteiger partial charge in [0, 0.05) is 25.6 Å². The third kappa shape index (κ3) is 4.19. The van der Waals surface area contributed by atoms with Gasteiger partial charge >= 0.3 is 0 Å². The normalized spacial score (nSPS) is 15.0. The lowest BCUT2D eigenvalue weighted by molar-refractivity contribution is -0.132. The summed E-state index contributed by atoms with van der Waals surface area (Å²) in [6.07, 6.45) is 2.98. The molecule has 1 fully saturated rings. The second-order valence-corrected chi connectivity index (χ2v) is 5.92. The molecule has 0 saturated carbocycles. The second kappa shape index (κ2) is 8.57. The first-order chi connectivity index (χ1) is 11.6. The summed E-state index contributed by atoms with van der Waals surface area (Å²) in [5.74, 6) is 0.973. The van der Waals surface area contributed by atoms with Crippen LogP contribution in [0.15, 0.2) is 18.2 Å². The van der Waals surface area contributed by atoms with Gasteiger partial charge in [0.1, 0.15) is 17.1 Å². The Labute approximate surface area is 143 Å². The van der Waals surface area contributed by atoms with E-state index in [1.165, 1.54) is 14.2 Å². The molecule has 1 N–H and O–H groups in total. The maximum absolute atomic E-state index is 12.6. The second-order valence-electron chi connectivity index (χ2n) is 5.92. The van der Waals surface area contributed by atoms with Crippen LogP contribution in [0.2, 0.25) is 0 Å². The summed E-state index contributed by atoms with van der Waals surface area (Å²) in [7, 11) is 3.06. The van der Waals surface area contributed by atoms with Gasteiger partial charge < -0.3 is 19.7 Å². The molecule has 2 rings (SSSR count). The van der Waals surface area contributed by atoms with Crippen LogP contribution >= 0.6 is 0 Å². The van der Waals surface area contributed by atoms with Crippen LogP contribution in [0.25, 0.3) is 0 Å². The topological polar surface area (TPSA) is 67.9 Å². The first-order valence-electron chi connectivity index (χ1n) is 8.40. The fourth-order valence-corrected chi connectivity index (χ4v) is 2.98. The Morgan fingerprint density at radius 1 is 1.17 bits per heavy atom. The van der Waals surface area contributed by atoms with Crippen molar-refractivity contribution in [3.63, 3.8) is 0 Å². The van der Waals surface area contributed by atoms with Crippen LogP contribution in [-0.2, 0) is 4.79 Å². The van der Waals surface area contributed by atoms with E-state index in [4.69, 9.17) is 9.47 Å². The van der Waals surface area contributed by atoms with E-state index in [1.807, 2.05) is 11.8 Å². The van der Waals surface area contributed by atoms with Crippen LogP contribution in [0.3, 0.4) is 0 Å². The molecule has 6 nitrogen and oxygen atoms in total. The van der Waals surface area contributed by atoms with E-state index in [9.17, 15) is 9.59 Å². The molecular formula is C18H26N2O4. The number of likely N-dealkylation sites (tertiary alicyclic amines) is 1. The van der Waals surface area contributed by atoms with Gasteiger partial charge in [-0.1, -0.05) is 13.0 Å². The minimum atomic E-state index is -0.206. The molecule has 0 unspecified atom stereocenters. The average molecular weight is 334 g/mol. The summed E-state index contributed by atoms with van der Waals surface area (Å²) >= 11 is 0. The lowest BCUT2D eigenvalue weighted by Crippen LogP contribution is -2.46. The average Bonchev–Trinajstić information content (AvgIpc) is 2.61. The number of methoxy groups -OCH3 is 2. The van der Waals surface area contributed by atoms with Gasteiger partial charge in [-0.2, -0.15) is 0 Å². The summed E-state index contributed by atoms with van der Waals surface area (Å²) in [6.45, 7) is 3.38. The van der Waals surface area contributed by atoms with Crippen molar-refractivity contribution in [3.05, 3.63) is 23.8 Å². The Kier molecular flexibility index (Phi) is 6.46. The highest BCUT2D eigenvalue weighted by atomic mass is 16.5. The molecule has 0 radical (unpaired) electrons. The Morgan fingerprint density at radius 2 is 1.75 bits per heavy atom. The van der Waals surface area contributed by atoms with Gasteiger partial charge in [0.05, 0.1) is 14.2 Å². The molecular weight excluding hydrogens is 308 g/mol. The molecule has 1 aromatic rings. The van der Waals surface area contributed by atoms with Crippen LogP contribution < -0.4 is 14.8 Å².